The lowest BCUT2D eigenvalue weighted by Crippen LogP contribution is -2.58. The fourth-order valence-corrected chi connectivity index (χ4v) is 3.03. The lowest BCUT2D eigenvalue weighted by molar-refractivity contribution is -0.149. The van der Waals surface area contributed by atoms with Gasteiger partial charge in [0, 0.05) is 18.4 Å². The smallest absolute Gasteiger partial charge is 0.257 e. The Hall–Kier alpha value is -3.23. The molecule has 2 aliphatic rings. The second-order valence-corrected chi connectivity index (χ2v) is 6.58. The molecule has 9 nitrogen and oxygen atoms in total. The normalized spacial score (nSPS) is 17.4. The highest BCUT2D eigenvalue weighted by atomic mass is 16.5. The van der Waals surface area contributed by atoms with Gasteiger partial charge in [0.1, 0.15) is 18.4 Å². The van der Waals surface area contributed by atoms with Gasteiger partial charge in [-0.2, -0.15) is 4.98 Å². The summed E-state index contributed by atoms with van der Waals surface area (Å²) in [6.45, 7) is 2.44. The van der Waals surface area contributed by atoms with Gasteiger partial charge in [-0.05, 0) is 31.2 Å². The topological polar surface area (TPSA) is 106 Å². The summed E-state index contributed by atoms with van der Waals surface area (Å²) in [6.07, 6.45) is 0.268. The molecule has 0 atom stereocenters. The first kappa shape index (κ1) is 17.2. The summed E-state index contributed by atoms with van der Waals surface area (Å²) in [5.74, 6) is 0.904. The molecule has 0 spiro atoms. The summed E-state index contributed by atoms with van der Waals surface area (Å²) in [5.41, 5.74) is 0.799. The summed E-state index contributed by atoms with van der Waals surface area (Å²) in [5, 5.41) is 3.76. The molecule has 0 saturated carbocycles. The Kier molecular flexibility index (Phi) is 4.35. The van der Waals surface area contributed by atoms with Crippen molar-refractivity contribution in [2.45, 2.75) is 25.9 Å². The number of rotatable bonds is 5. The van der Waals surface area contributed by atoms with E-state index in [4.69, 9.17) is 9.26 Å². The van der Waals surface area contributed by atoms with E-state index in [9.17, 15) is 14.4 Å². The summed E-state index contributed by atoms with van der Waals surface area (Å²) in [4.78, 5) is 42.1. The van der Waals surface area contributed by atoms with Crippen LogP contribution in [0.25, 0.3) is 11.5 Å². The third-order valence-electron chi connectivity index (χ3n) is 4.58. The largest absolute Gasteiger partial charge is 0.487 e. The van der Waals surface area contributed by atoms with Crippen LogP contribution in [0.4, 0.5) is 0 Å². The fourth-order valence-electron chi connectivity index (χ4n) is 3.03. The molecule has 27 heavy (non-hydrogen) atoms. The zero-order valence-electron chi connectivity index (χ0n) is 14.8. The number of hydrogen-bond acceptors (Lipinski definition) is 7. The van der Waals surface area contributed by atoms with Crippen molar-refractivity contribution in [3.63, 3.8) is 0 Å². The Balaban J connectivity index is 1.27. The summed E-state index contributed by atoms with van der Waals surface area (Å²) < 4.78 is 10.9. The minimum Gasteiger partial charge on any atom is -0.487 e. The van der Waals surface area contributed by atoms with Gasteiger partial charge in [-0.25, -0.2) is 0 Å². The van der Waals surface area contributed by atoms with Crippen LogP contribution in [0.1, 0.15) is 18.7 Å². The van der Waals surface area contributed by atoms with Crippen LogP contribution in [-0.4, -0.2) is 63.4 Å². The van der Waals surface area contributed by atoms with E-state index in [1.54, 1.807) is 24.0 Å². The van der Waals surface area contributed by atoms with Crippen molar-refractivity contribution in [2.75, 3.05) is 19.6 Å². The molecule has 9 heteroatoms. The van der Waals surface area contributed by atoms with Crippen molar-refractivity contribution < 1.29 is 23.6 Å². The molecule has 1 aromatic heterocycles. The minimum atomic E-state index is -0.279. The van der Waals surface area contributed by atoms with Crippen LogP contribution in [0.15, 0.2) is 28.8 Å². The van der Waals surface area contributed by atoms with E-state index in [0.717, 1.165) is 10.5 Å². The molecule has 2 saturated heterocycles. The molecule has 0 radical (unpaired) electrons. The molecule has 1 aromatic carbocycles. The van der Waals surface area contributed by atoms with Gasteiger partial charge in [0.25, 0.3) is 5.89 Å². The second kappa shape index (κ2) is 6.82. The van der Waals surface area contributed by atoms with Gasteiger partial charge in [-0.15, -0.1) is 0 Å². The molecule has 3 heterocycles. The zero-order chi connectivity index (χ0) is 19.0. The molecule has 0 aliphatic carbocycles. The summed E-state index contributed by atoms with van der Waals surface area (Å²) >= 11 is 0. The first-order chi connectivity index (χ1) is 13.0. The highest BCUT2D eigenvalue weighted by Gasteiger charge is 2.36. The van der Waals surface area contributed by atoms with E-state index in [0.29, 0.717) is 30.6 Å². The number of likely N-dealkylation sites (tertiary alicyclic amines) is 2. The number of carbonyl (C=O) groups is 3. The van der Waals surface area contributed by atoms with E-state index < -0.39 is 0 Å². The number of imide groups is 1. The SMILES string of the molecule is Cc1noc(-c2ccc(OC3CN(C(=O)CN4C(=O)CCC4=O)C3)cc2)n1. The first-order valence-electron chi connectivity index (χ1n) is 8.68. The highest BCUT2D eigenvalue weighted by molar-refractivity contribution is 6.04. The first-order valence-corrected chi connectivity index (χ1v) is 8.68. The number of carbonyl (C=O) groups excluding carboxylic acids is 3. The van der Waals surface area contributed by atoms with E-state index in [1.807, 2.05) is 12.1 Å². The number of ether oxygens (including phenoxy) is 1. The van der Waals surface area contributed by atoms with E-state index in [2.05, 4.69) is 10.1 Å². The molecule has 3 amide bonds. The van der Waals surface area contributed by atoms with Crippen molar-refractivity contribution >= 4 is 17.7 Å². The van der Waals surface area contributed by atoms with Gasteiger partial charge < -0.3 is 14.2 Å². The van der Waals surface area contributed by atoms with Crippen molar-refractivity contribution in [3.8, 4) is 17.2 Å². The number of amides is 3. The maximum Gasteiger partial charge on any atom is 0.257 e. The molecule has 0 N–H and O–H groups in total. The maximum absolute atomic E-state index is 12.2. The molecule has 2 aliphatic heterocycles. The van der Waals surface area contributed by atoms with Crippen molar-refractivity contribution in [3.05, 3.63) is 30.1 Å². The zero-order valence-corrected chi connectivity index (χ0v) is 14.8. The van der Waals surface area contributed by atoms with Crippen LogP contribution in [0.2, 0.25) is 0 Å². The molecule has 2 fully saturated rings. The predicted octanol–water partition coefficient (Wildman–Crippen LogP) is 0.784. The molecular formula is C18H18N4O5. The van der Waals surface area contributed by atoms with E-state index in [1.165, 1.54) is 0 Å². The molecule has 4 rings (SSSR count). The lowest BCUT2D eigenvalue weighted by atomic mass is 10.1. The second-order valence-electron chi connectivity index (χ2n) is 6.58. The van der Waals surface area contributed by atoms with Gasteiger partial charge in [0.2, 0.25) is 17.7 Å². The van der Waals surface area contributed by atoms with Crippen molar-refractivity contribution in [1.29, 1.82) is 0 Å². The Labute approximate surface area is 154 Å². The Bertz CT molecular complexity index is 869. The summed E-state index contributed by atoms with van der Waals surface area (Å²) in [6, 6.07) is 7.27. The number of aryl methyl sites for hydroxylation is 1. The van der Waals surface area contributed by atoms with Gasteiger partial charge in [0.15, 0.2) is 5.82 Å². The lowest BCUT2D eigenvalue weighted by Gasteiger charge is -2.39. The number of aromatic nitrogens is 2. The molecule has 0 unspecified atom stereocenters. The van der Waals surface area contributed by atoms with E-state index >= 15 is 0 Å². The Morgan fingerprint density at radius 1 is 1.19 bits per heavy atom. The maximum atomic E-state index is 12.2. The van der Waals surface area contributed by atoms with Crippen LogP contribution < -0.4 is 4.74 Å². The van der Waals surface area contributed by atoms with Crippen LogP contribution in [0, 0.1) is 6.92 Å². The Morgan fingerprint density at radius 3 is 2.44 bits per heavy atom. The molecule has 140 valence electrons. The van der Waals surface area contributed by atoms with Crippen molar-refractivity contribution in [1.82, 2.24) is 19.9 Å². The quantitative estimate of drug-likeness (QED) is 0.716. The van der Waals surface area contributed by atoms with Crippen LogP contribution >= 0.6 is 0 Å². The average molecular weight is 370 g/mol. The molecular weight excluding hydrogens is 352 g/mol. The predicted molar refractivity (Wildman–Crippen MR) is 91.4 cm³/mol. The third-order valence-corrected chi connectivity index (χ3v) is 4.58. The number of benzene rings is 1. The average Bonchev–Trinajstić information content (AvgIpc) is 3.19. The number of nitrogens with zero attached hydrogens (tertiary/aromatic N) is 4. The van der Waals surface area contributed by atoms with Crippen LogP contribution in [0.5, 0.6) is 5.75 Å². The van der Waals surface area contributed by atoms with E-state index in [-0.39, 0.29) is 43.2 Å². The Morgan fingerprint density at radius 2 is 1.85 bits per heavy atom. The molecule has 0 bridgehead atoms. The minimum absolute atomic E-state index is 0.115. The van der Waals surface area contributed by atoms with Gasteiger partial charge in [0.05, 0.1) is 13.1 Å². The van der Waals surface area contributed by atoms with Gasteiger partial charge >= 0.3 is 0 Å². The van der Waals surface area contributed by atoms with Gasteiger partial charge in [-0.1, -0.05) is 5.16 Å². The monoisotopic (exact) mass is 370 g/mol. The van der Waals surface area contributed by atoms with Crippen LogP contribution in [0.3, 0.4) is 0 Å². The number of hydrogen-bond donors (Lipinski definition) is 0. The standard InChI is InChI=1S/C18H18N4O5/c1-11-19-18(27-20-11)12-2-4-13(5-3-12)26-14-8-21(9-14)17(25)10-22-15(23)6-7-16(22)24/h2-5,14H,6-10H2,1H3. The summed E-state index contributed by atoms with van der Waals surface area (Å²) in [7, 11) is 0. The van der Waals surface area contributed by atoms with Crippen LogP contribution in [-0.2, 0) is 14.4 Å². The van der Waals surface area contributed by atoms with Crippen molar-refractivity contribution in [2.24, 2.45) is 0 Å². The van der Waals surface area contributed by atoms with Gasteiger partial charge in [-0.3, -0.25) is 19.3 Å². The highest BCUT2D eigenvalue weighted by Crippen LogP contribution is 2.23. The molecule has 2 aromatic rings. The third kappa shape index (κ3) is 3.53. The fraction of sp³-hybridized carbons (Fsp3) is 0.389.